The molecule has 0 heterocycles. The lowest BCUT2D eigenvalue weighted by Gasteiger charge is -2.21. The van der Waals surface area contributed by atoms with Crippen LogP contribution in [0.4, 0.5) is 0 Å². The molecule has 138 valence electrons. The molecule has 1 aromatic rings. The van der Waals surface area contributed by atoms with Gasteiger partial charge in [-0.15, -0.1) is 0 Å². The van der Waals surface area contributed by atoms with Gasteiger partial charge < -0.3 is 21.3 Å². The summed E-state index contributed by atoms with van der Waals surface area (Å²) in [4.78, 5) is 27.8. The van der Waals surface area contributed by atoms with Gasteiger partial charge >= 0.3 is 0 Å². The standard InChI is InChI=1S/C17H26BrN5O2/c1-17(2,3)23-14(24)11-22-16(19-4)21-9-8-20-15(25)12-6-5-7-13(18)10-12/h5-7,10H,8-9,11H2,1-4H3,(H,20,25)(H,23,24)(H2,19,21,22). The van der Waals surface area contributed by atoms with E-state index >= 15 is 0 Å². The number of amides is 2. The van der Waals surface area contributed by atoms with Crippen LogP contribution in [0.2, 0.25) is 0 Å². The summed E-state index contributed by atoms with van der Waals surface area (Å²) in [6, 6.07) is 7.19. The number of aliphatic imine (C=N–C) groups is 1. The number of halogens is 1. The molecule has 1 aromatic carbocycles. The fourth-order valence-corrected chi connectivity index (χ4v) is 2.34. The number of hydrogen-bond donors (Lipinski definition) is 4. The molecule has 2 amide bonds. The molecule has 8 heteroatoms. The van der Waals surface area contributed by atoms with Crippen molar-refractivity contribution < 1.29 is 9.59 Å². The highest BCUT2D eigenvalue weighted by Gasteiger charge is 2.13. The van der Waals surface area contributed by atoms with E-state index in [1.807, 2.05) is 32.9 Å². The van der Waals surface area contributed by atoms with E-state index in [1.165, 1.54) is 0 Å². The third kappa shape index (κ3) is 9.09. The van der Waals surface area contributed by atoms with Gasteiger partial charge in [0, 0.05) is 35.7 Å². The van der Waals surface area contributed by atoms with E-state index < -0.39 is 0 Å². The summed E-state index contributed by atoms with van der Waals surface area (Å²) in [6.07, 6.45) is 0. The maximum absolute atomic E-state index is 12.0. The highest BCUT2D eigenvalue weighted by Crippen LogP contribution is 2.11. The van der Waals surface area contributed by atoms with Crippen molar-refractivity contribution in [2.45, 2.75) is 26.3 Å². The van der Waals surface area contributed by atoms with Gasteiger partial charge in [0.15, 0.2) is 5.96 Å². The molecule has 0 saturated carbocycles. The van der Waals surface area contributed by atoms with Crippen LogP contribution in [0, 0.1) is 0 Å². The van der Waals surface area contributed by atoms with Gasteiger partial charge in [0.05, 0.1) is 6.54 Å². The Hall–Kier alpha value is -2.09. The summed E-state index contributed by atoms with van der Waals surface area (Å²) in [6.45, 7) is 6.81. The number of nitrogens with zero attached hydrogens (tertiary/aromatic N) is 1. The molecule has 7 nitrogen and oxygen atoms in total. The molecule has 0 unspecified atom stereocenters. The van der Waals surface area contributed by atoms with Crippen molar-refractivity contribution in [3.8, 4) is 0 Å². The maximum Gasteiger partial charge on any atom is 0.251 e. The Kier molecular flexibility index (Phi) is 8.40. The number of nitrogens with one attached hydrogen (secondary N) is 4. The van der Waals surface area contributed by atoms with Gasteiger partial charge in [-0.05, 0) is 39.0 Å². The van der Waals surface area contributed by atoms with Crippen LogP contribution in [-0.2, 0) is 4.79 Å². The summed E-state index contributed by atoms with van der Waals surface area (Å²) < 4.78 is 0.858. The molecule has 0 fully saturated rings. The van der Waals surface area contributed by atoms with Crippen molar-refractivity contribution in [2.75, 3.05) is 26.7 Å². The second kappa shape index (κ2) is 10.0. The third-order valence-electron chi connectivity index (χ3n) is 2.94. The van der Waals surface area contributed by atoms with Gasteiger partial charge in [-0.25, -0.2) is 0 Å². The predicted octanol–water partition coefficient (Wildman–Crippen LogP) is 1.26. The van der Waals surface area contributed by atoms with E-state index in [1.54, 1.807) is 19.2 Å². The quantitative estimate of drug-likeness (QED) is 0.322. The SMILES string of the molecule is CN=C(NCCNC(=O)c1cccc(Br)c1)NCC(=O)NC(C)(C)C. The van der Waals surface area contributed by atoms with E-state index in [0.717, 1.165) is 4.47 Å². The lowest BCUT2D eigenvalue weighted by molar-refractivity contribution is -0.121. The van der Waals surface area contributed by atoms with Crippen molar-refractivity contribution >= 4 is 33.7 Å². The molecule has 0 atom stereocenters. The maximum atomic E-state index is 12.0. The zero-order valence-corrected chi connectivity index (χ0v) is 16.7. The van der Waals surface area contributed by atoms with Crippen LogP contribution >= 0.6 is 15.9 Å². The summed E-state index contributed by atoms with van der Waals surface area (Å²) in [7, 11) is 1.62. The van der Waals surface area contributed by atoms with Crippen molar-refractivity contribution in [1.29, 1.82) is 0 Å². The number of carbonyl (C=O) groups excluding carboxylic acids is 2. The monoisotopic (exact) mass is 411 g/mol. The predicted molar refractivity (Wildman–Crippen MR) is 104 cm³/mol. The molecule has 25 heavy (non-hydrogen) atoms. The van der Waals surface area contributed by atoms with E-state index in [9.17, 15) is 9.59 Å². The van der Waals surface area contributed by atoms with Crippen molar-refractivity contribution in [3.05, 3.63) is 34.3 Å². The lowest BCUT2D eigenvalue weighted by atomic mass is 10.1. The minimum atomic E-state index is -0.271. The number of rotatable bonds is 6. The number of guanidine groups is 1. The van der Waals surface area contributed by atoms with Crippen LogP contribution in [0.1, 0.15) is 31.1 Å². The third-order valence-corrected chi connectivity index (χ3v) is 3.44. The molecule has 0 bridgehead atoms. The zero-order chi connectivity index (χ0) is 18.9. The fourth-order valence-electron chi connectivity index (χ4n) is 1.94. The van der Waals surface area contributed by atoms with Crippen LogP contribution in [0.25, 0.3) is 0 Å². The van der Waals surface area contributed by atoms with E-state index in [4.69, 9.17) is 0 Å². The molecule has 0 aliphatic heterocycles. The van der Waals surface area contributed by atoms with Crippen molar-refractivity contribution in [3.63, 3.8) is 0 Å². The van der Waals surface area contributed by atoms with Crippen molar-refractivity contribution in [1.82, 2.24) is 21.3 Å². The molecule has 0 radical (unpaired) electrons. The first-order valence-electron chi connectivity index (χ1n) is 8.00. The van der Waals surface area contributed by atoms with E-state index in [0.29, 0.717) is 24.6 Å². The minimum Gasteiger partial charge on any atom is -0.355 e. The molecule has 0 spiro atoms. The molecule has 0 aliphatic carbocycles. The van der Waals surface area contributed by atoms with E-state index in [2.05, 4.69) is 42.2 Å². The Bertz CT molecular complexity index is 626. The molecule has 4 N–H and O–H groups in total. The Morgan fingerprint density at radius 3 is 2.40 bits per heavy atom. The van der Waals surface area contributed by atoms with Gasteiger partial charge in [-0.1, -0.05) is 22.0 Å². The van der Waals surface area contributed by atoms with Gasteiger partial charge in [0.25, 0.3) is 5.91 Å². The molecular formula is C17H26BrN5O2. The Morgan fingerprint density at radius 2 is 1.80 bits per heavy atom. The first kappa shape index (κ1) is 21.0. The fraction of sp³-hybridized carbons (Fsp3) is 0.471. The highest BCUT2D eigenvalue weighted by atomic mass is 79.9. The van der Waals surface area contributed by atoms with Crippen LogP contribution in [0.5, 0.6) is 0 Å². The van der Waals surface area contributed by atoms with E-state index in [-0.39, 0.29) is 23.9 Å². The van der Waals surface area contributed by atoms with Gasteiger partial charge in [0.1, 0.15) is 0 Å². The molecule has 0 aromatic heterocycles. The van der Waals surface area contributed by atoms with Crippen molar-refractivity contribution in [2.24, 2.45) is 4.99 Å². The average Bonchev–Trinajstić information content (AvgIpc) is 2.52. The number of hydrogen-bond acceptors (Lipinski definition) is 3. The van der Waals surface area contributed by atoms with Crippen LogP contribution in [0.3, 0.4) is 0 Å². The second-order valence-corrected chi connectivity index (χ2v) is 7.33. The van der Waals surface area contributed by atoms with Crippen LogP contribution in [-0.4, -0.2) is 50.0 Å². The second-order valence-electron chi connectivity index (χ2n) is 6.42. The van der Waals surface area contributed by atoms with Gasteiger partial charge in [-0.3, -0.25) is 14.6 Å². The molecule has 0 aliphatic rings. The molecular weight excluding hydrogens is 386 g/mol. The average molecular weight is 412 g/mol. The minimum absolute atomic E-state index is 0.113. The molecule has 0 saturated heterocycles. The zero-order valence-electron chi connectivity index (χ0n) is 15.1. The normalized spacial score (nSPS) is 11.6. The van der Waals surface area contributed by atoms with Crippen LogP contribution < -0.4 is 21.3 Å². The Balaban J connectivity index is 2.29. The summed E-state index contributed by atoms with van der Waals surface area (Å²) >= 11 is 3.34. The first-order valence-corrected chi connectivity index (χ1v) is 8.80. The number of carbonyl (C=O) groups is 2. The van der Waals surface area contributed by atoms with Gasteiger partial charge in [0.2, 0.25) is 5.91 Å². The number of benzene rings is 1. The Morgan fingerprint density at radius 1 is 1.12 bits per heavy atom. The topological polar surface area (TPSA) is 94.6 Å². The van der Waals surface area contributed by atoms with Gasteiger partial charge in [-0.2, -0.15) is 0 Å². The lowest BCUT2D eigenvalue weighted by Crippen LogP contribution is -2.48. The van der Waals surface area contributed by atoms with Crippen LogP contribution in [0.15, 0.2) is 33.7 Å². The first-order chi connectivity index (χ1) is 11.7. The smallest absolute Gasteiger partial charge is 0.251 e. The highest BCUT2D eigenvalue weighted by molar-refractivity contribution is 9.10. The summed E-state index contributed by atoms with van der Waals surface area (Å²) in [5.41, 5.74) is 0.322. The molecule has 1 rings (SSSR count). The largest absolute Gasteiger partial charge is 0.355 e. The Labute approximate surface area is 157 Å². The summed E-state index contributed by atoms with van der Waals surface area (Å²) in [5, 5.41) is 11.6. The summed E-state index contributed by atoms with van der Waals surface area (Å²) in [5.74, 6) is 0.245.